The topological polar surface area (TPSA) is 64.4 Å². The molecule has 0 saturated heterocycles. The van der Waals surface area contributed by atoms with Gasteiger partial charge in [-0.3, -0.25) is 4.79 Å². The summed E-state index contributed by atoms with van der Waals surface area (Å²) in [6, 6.07) is 13.8. The molecule has 0 radical (unpaired) electrons. The fourth-order valence-electron chi connectivity index (χ4n) is 3.09. The van der Waals surface area contributed by atoms with E-state index in [1.54, 1.807) is 6.07 Å². The predicted molar refractivity (Wildman–Crippen MR) is 94.4 cm³/mol. The lowest BCUT2D eigenvalue weighted by molar-refractivity contribution is -0.126. The van der Waals surface area contributed by atoms with Crippen LogP contribution >= 0.6 is 0 Å². The van der Waals surface area contributed by atoms with Gasteiger partial charge in [0.15, 0.2) is 0 Å². The Hall–Kier alpha value is -2.40. The molecule has 0 unspecified atom stereocenters. The van der Waals surface area contributed by atoms with Crippen molar-refractivity contribution in [2.24, 2.45) is 5.73 Å². The van der Waals surface area contributed by atoms with E-state index in [1.165, 1.54) is 12.1 Å². The molecule has 3 N–H and O–H groups in total. The van der Waals surface area contributed by atoms with Crippen LogP contribution < -0.4 is 15.8 Å². The summed E-state index contributed by atoms with van der Waals surface area (Å²) in [5, 5.41) is 2.92. The fraction of sp³-hybridized carbons (Fsp3) is 0.350. The number of nitrogens with one attached hydrogen (secondary N) is 1. The van der Waals surface area contributed by atoms with E-state index >= 15 is 0 Å². The van der Waals surface area contributed by atoms with Gasteiger partial charge >= 0.3 is 0 Å². The van der Waals surface area contributed by atoms with Gasteiger partial charge in [-0.1, -0.05) is 37.1 Å². The molecule has 5 heteroatoms. The van der Waals surface area contributed by atoms with E-state index < -0.39 is 5.54 Å². The molecule has 0 spiro atoms. The normalized spacial score (nSPS) is 15.8. The second-order valence-corrected chi connectivity index (χ2v) is 6.61. The largest absolute Gasteiger partial charge is 0.489 e. The Balaban J connectivity index is 1.49. The molecule has 1 amide bonds. The minimum absolute atomic E-state index is 0.0727. The molecule has 4 nitrogen and oxygen atoms in total. The zero-order valence-electron chi connectivity index (χ0n) is 14.1. The maximum absolute atomic E-state index is 13.1. The molecule has 25 heavy (non-hydrogen) atoms. The second-order valence-electron chi connectivity index (χ2n) is 6.61. The zero-order valence-corrected chi connectivity index (χ0v) is 14.1. The van der Waals surface area contributed by atoms with Gasteiger partial charge in [0.2, 0.25) is 5.91 Å². The molecule has 1 saturated carbocycles. The van der Waals surface area contributed by atoms with Gasteiger partial charge in [-0.2, -0.15) is 0 Å². The third kappa shape index (κ3) is 4.57. The Labute approximate surface area is 147 Å². The molecule has 0 aromatic heterocycles. The van der Waals surface area contributed by atoms with E-state index in [1.807, 2.05) is 30.3 Å². The van der Waals surface area contributed by atoms with Crippen LogP contribution in [0.15, 0.2) is 48.5 Å². The first-order valence-corrected chi connectivity index (χ1v) is 8.59. The van der Waals surface area contributed by atoms with E-state index in [9.17, 15) is 9.18 Å². The molecular formula is C20H23FN2O2. The lowest BCUT2D eigenvalue weighted by atomic mass is 9.98. The first-order chi connectivity index (χ1) is 12.0. The van der Waals surface area contributed by atoms with Crippen molar-refractivity contribution in [3.05, 3.63) is 65.5 Å². The molecule has 1 fully saturated rings. The molecule has 0 heterocycles. The molecule has 0 bridgehead atoms. The van der Waals surface area contributed by atoms with Crippen LogP contribution in [0.4, 0.5) is 4.39 Å². The number of carbonyl (C=O) groups excluding carboxylic acids is 1. The highest BCUT2D eigenvalue weighted by Gasteiger charge is 2.36. The Kier molecular flexibility index (Phi) is 5.34. The van der Waals surface area contributed by atoms with Crippen LogP contribution in [0, 0.1) is 5.82 Å². The van der Waals surface area contributed by atoms with Gasteiger partial charge in [0.05, 0.1) is 5.54 Å². The molecule has 2 aromatic carbocycles. The standard InChI is InChI=1S/C20H23FN2O2/c21-17-5-3-4-16(12-17)14-25-18-8-6-15(7-9-18)13-23-19(24)20(22)10-1-2-11-20/h3-9,12H,1-2,10-11,13-14,22H2,(H,23,24). The lowest BCUT2D eigenvalue weighted by Gasteiger charge is -2.22. The number of halogens is 1. The van der Waals surface area contributed by atoms with Crippen molar-refractivity contribution in [3.63, 3.8) is 0 Å². The maximum Gasteiger partial charge on any atom is 0.240 e. The highest BCUT2D eigenvalue weighted by molar-refractivity contribution is 5.86. The van der Waals surface area contributed by atoms with Crippen LogP contribution in [0.5, 0.6) is 5.75 Å². The minimum Gasteiger partial charge on any atom is -0.489 e. The summed E-state index contributed by atoms with van der Waals surface area (Å²) in [6.45, 7) is 0.755. The number of carbonyl (C=O) groups is 1. The van der Waals surface area contributed by atoms with Crippen molar-refractivity contribution in [2.45, 2.75) is 44.4 Å². The average molecular weight is 342 g/mol. The monoisotopic (exact) mass is 342 g/mol. The summed E-state index contributed by atoms with van der Waals surface area (Å²) < 4.78 is 18.8. The van der Waals surface area contributed by atoms with Crippen LogP contribution in [0.2, 0.25) is 0 Å². The highest BCUT2D eigenvalue weighted by Crippen LogP contribution is 2.27. The van der Waals surface area contributed by atoms with E-state index in [0.717, 1.165) is 36.8 Å². The van der Waals surface area contributed by atoms with Gasteiger partial charge < -0.3 is 15.8 Å². The molecule has 3 rings (SSSR count). The van der Waals surface area contributed by atoms with E-state index in [0.29, 0.717) is 18.9 Å². The summed E-state index contributed by atoms with van der Waals surface area (Å²) in [6.07, 6.45) is 3.54. The summed E-state index contributed by atoms with van der Waals surface area (Å²) in [4.78, 5) is 12.2. The second kappa shape index (κ2) is 7.66. The number of amides is 1. The number of benzene rings is 2. The molecule has 132 valence electrons. The summed E-state index contributed by atoms with van der Waals surface area (Å²) >= 11 is 0. The van der Waals surface area contributed by atoms with E-state index in [4.69, 9.17) is 10.5 Å². The van der Waals surface area contributed by atoms with E-state index in [-0.39, 0.29) is 11.7 Å². The van der Waals surface area contributed by atoms with Gasteiger partial charge in [0.25, 0.3) is 0 Å². The predicted octanol–water partition coefficient (Wildman–Crippen LogP) is 3.29. The third-order valence-electron chi connectivity index (χ3n) is 4.62. The van der Waals surface area contributed by atoms with Crippen LogP contribution in [0.1, 0.15) is 36.8 Å². The Morgan fingerprint density at radius 2 is 1.84 bits per heavy atom. The van der Waals surface area contributed by atoms with Crippen LogP contribution in [0.25, 0.3) is 0 Å². The number of nitrogens with two attached hydrogens (primary N) is 1. The Morgan fingerprint density at radius 3 is 2.52 bits per heavy atom. The van der Waals surface area contributed by atoms with Gasteiger partial charge in [-0.15, -0.1) is 0 Å². The van der Waals surface area contributed by atoms with Gasteiger partial charge in [0, 0.05) is 6.54 Å². The molecule has 1 aliphatic rings. The van der Waals surface area contributed by atoms with Crippen molar-refractivity contribution < 1.29 is 13.9 Å². The van der Waals surface area contributed by atoms with Crippen molar-refractivity contribution in [1.82, 2.24) is 5.32 Å². The quantitative estimate of drug-likeness (QED) is 0.847. The molecular weight excluding hydrogens is 319 g/mol. The third-order valence-corrected chi connectivity index (χ3v) is 4.62. The minimum atomic E-state index is -0.700. The first-order valence-electron chi connectivity index (χ1n) is 8.59. The SMILES string of the molecule is NC1(C(=O)NCc2ccc(OCc3cccc(F)c3)cc2)CCCC1. The molecule has 1 aliphatic carbocycles. The highest BCUT2D eigenvalue weighted by atomic mass is 19.1. The van der Waals surface area contributed by atoms with Gasteiger partial charge in [0.1, 0.15) is 18.2 Å². The zero-order chi connectivity index (χ0) is 17.7. The van der Waals surface area contributed by atoms with Crippen LogP contribution in [0.3, 0.4) is 0 Å². The number of rotatable bonds is 6. The maximum atomic E-state index is 13.1. The Morgan fingerprint density at radius 1 is 1.12 bits per heavy atom. The summed E-state index contributed by atoms with van der Waals surface area (Å²) in [5.74, 6) is 0.356. The number of hydrogen-bond acceptors (Lipinski definition) is 3. The van der Waals surface area contributed by atoms with Crippen molar-refractivity contribution in [1.29, 1.82) is 0 Å². The fourth-order valence-corrected chi connectivity index (χ4v) is 3.09. The average Bonchev–Trinajstić information content (AvgIpc) is 3.07. The number of hydrogen-bond donors (Lipinski definition) is 2. The van der Waals surface area contributed by atoms with Crippen molar-refractivity contribution >= 4 is 5.91 Å². The lowest BCUT2D eigenvalue weighted by Crippen LogP contribution is -2.51. The molecule has 0 aliphatic heterocycles. The Bertz CT molecular complexity index is 725. The van der Waals surface area contributed by atoms with Gasteiger partial charge in [-0.25, -0.2) is 4.39 Å². The summed E-state index contributed by atoms with van der Waals surface area (Å²) in [7, 11) is 0. The van der Waals surface area contributed by atoms with Crippen LogP contribution in [-0.2, 0) is 17.9 Å². The number of ether oxygens (including phenoxy) is 1. The van der Waals surface area contributed by atoms with E-state index in [2.05, 4.69) is 5.32 Å². The smallest absolute Gasteiger partial charge is 0.240 e. The molecule has 0 atom stereocenters. The van der Waals surface area contributed by atoms with Crippen molar-refractivity contribution in [3.8, 4) is 5.75 Å². The molecule has 2 aromatic rings. The van der Waals surface area contributed by atoms with Crippen molar-refractivity contribution in [2.75, 3.05) is 0 Å². The first kappa shape index (κ1) is 17.4. The summed E-state index contributed by atoms with van der Waals surface area (Å²) in [5.41, 5.74) is 7.20. The van der Waals surface area contributed by atoms with Gasteiger partial charge in [-0.05, 0) is 48.2 Å². The van der Waals surface area contributed by atoms with Crippen LogP contribution in [-0.4, -0.2) is 11.4 Å².